The smallest absolute Gasteiger partial charge is 0.261 e. The lowest BCUT2D eigenvalue weighted by Crippen LogP contribution is -2.52. The molecule has 2 atom stereocenters. The van der Waals surface area contributed by atoms with Gasteiger partial charge in [0.25, 0.3) is 10.0 Å². The first-order chi connectivity index (χ1) is 15.5. The molecule has 1 aliphatic heterocycles. The Morgan fingerprint density at radius 3 is 2.47 bits per heavy atom. The fourth-order valence-corrected chi connectivity index (χ4v) is 4.74. The Hall–Kier alpha value is -3.27. The maximum absolute atomic E-state index is 12.5. The number of pyridine rings is 1. The number of nitrogens with zero attached hydrogens (tertiary/aromatic N) is 2. The van der Waals surface area contributed by atoms with Gasteiger partial charge in [-0.3, -0.25) is 14.5 Å². The summed E-state index contributed by atoms with van der Waals surface area (Å²) >= 11 is 0. The Balaban J connectivity index is 1.52. The number of carbonyl (C=O) groups excluding carboxylic acids is 1. The number of anilines is 1. The van der Waals surface area contributed by atoms with E-state index in [1.54, 1.807) is 65.8 Å². The van der Waals surface area contributed by atoms with Crippen molar-refractivity contribution in [2.24, 2.45) is 0 Å². The molecule has 2 N–H and O–H groups in total. The zero-order valence-electron chi connectivity index (χ0n) is 17.2. The molecule has 1 aliphatic rings. The number of morpholine rings is 1. The molecule has 2 heterocycles. The Morgan fingerprint density at radius 1 is 1.06 bits per heavy atom. The van der Waals surface area contributed by atoms with Crippen molar-refractivity contribution in [1.29, 1.82) is 0 Å². The minimum atomic E-state index is -3.70. The number of carbonyl (C=O) groups is 1. The van der Waals surface area contributed by atoms with Gasteiger partial charge < -0.3 is 14.7 Å². The highest BCUT2D eigenvalue weighted by Gasteiger charge is 2.37. The fraction of sp³-hybridized carbons (Fsp3) is 0.217. The van der Waals surface area contributed by atoms with Gasteiger partial charge >= 0.3 is 0 Å². The lowest BCUT2D eigenvalue weighted by atomic mass is 9.98. The summed E-state index contributed by atoms with van der Waals surface area (Å²) in [5, 5.41) is 10.0. The van der Waals surface area contributed by atoms with Gasteiger partial charge in [0.1, 0.15) is 12.7 Å². The number of aliphatic hydroxyl groups excluding tert-OH is 1. The first kappa shape index (κ1) is 21.9. The van der Waals surface area contributed by atoms with E-state index in [0.29, 0.717) is 12.2 Å². The van der Waals surface area contributed by atoms with Crippen LogP contribution in [-0.4, -0.2) is 48.6 Å². The van der Waals surface area contributed by atoms with Gasteiger partial charge in [0.05, 0.1) is 17.5 Å². The van der Waals surface area contributed by atoms with Gasteiger partial charge in [-0.25, -0.2) is 8.42 Å². The summed E-state index contributed by atoms with van der Waals surface area (Å²) in [5.74, 6) is -0.212. The van der Waals surface area contributed by atoms with Gasteiger partial charge in [-0.15, -0.1) is 0 Å². The lowest BCUT2D eigenvalue weighted by molar-refractivity contribution is -0.162. The van der Waals surface area contributed by atoms with Crippen LogP contribution in [0.1, 0.15) is 17.2 Å². The third-order valence-corrected chi connectivity index (χ3v) is 6.66. The molecule has 1 saturated heterocycles. The molecule has 0 aliphatic carbocycles. The van der Waals surface area contributed by atoms with Crippen molar-refractivity contribution in [3.05, 3.63) is 90.3 Å². The first-order valence-corrected chi connectivity index (χ1v) is 11.5. The van der Waals surface area contributed by atoms with E-state index < -0.39 is 22.2 Å². The van der Waals surface area contributed by atoms with Crippen molar-refractivity contribution >= 4 is 21.6 Å². The van der Waals surface area contributed by atoms with Crippen LogP contribution < -0.4 is 4.72 Å². The largest absolute Gasteiger partial charge is 0.394 e. The molecule has 0 saturated carbocycles. The zero-order chi connectivity index (χ0) is 22.6. The van der Waals surface area contributed by atoms with Gasteiger partial charge in [0.15, 0.2) is 0 Å². The third kappa shape index (κ3) is 4.80. The number of nitrogens with one attached hydrogen (secondary N) is 1. The summed E-state index contributed by atoms with van der Waals surface area (Å²) in [7, 11) is -3.70. The van der Waals surface area contributed by atoms with Crippen molar-refractivity contribution in [1.82, 2.24) is 9.88 Å². The summed E-state index contributed by atoms with van der Waals surface area (Å²) in [6.45, 7) is -0.0738. The Kier molecular flexibility index (Phi) is 6.50. The van der Waals surface area contributed by atoms with Crippen molar-refractivity contribution in [2.75, 3.05) is 17.9 Å². The van der Waals surface area contributed by atoms with Crippen LogP contribution in [0.25, 0.3) is 0 Å². The van der Waals surface area contributed by atoms with Crippen LogP contribution >= 0.6 is 0 Å². The number of aliphatic hydroxyl groups is 1. The third-order valence-electron chi connectivity index (χ3n) is 5.26. The molecule has 0 bridgehead atoms. The molecule has 8 nitrogen and oxygen atoms in total. The van der Waals surface area contributed by atoms with Crippen LogP contribution in [0, 0.1) is 0 Å². The van der Waals surface area contributed by atoms with E-state index in [0.717, 1.165) is 11.1 Å². The SMILES string of the molecule is O=C1COC(c2ccc(NS(=O)(=O)c3ccccc3)cc2)C(CO)N1Cc1cccnc1. The molecule has 4 rings (SSSR count). The first-order valence-electron chi connectivity index (χ1n) is 10.1. The highest BCUT2D eigenvalue weighted by molar-refractivity contribution is 7.92. The number of aromatic nitrogens is 1. The van der Waals surface area contributed by atoms with E-state index >= 15 is 0 Å². The maximum atomic E-state index is 12.5. The minimum absolute atomic E-state index is 0.107. The molecule has 0 spiro atoms. The topological polar surface area (TPSA) is 109 Å². The predicted octanol–water partition coefficient (Wildman–Crippen LogP) is 2.34. The summed E-state index contributed by atoms with van der Waals surface area (Å²) < 4.78 is 33.3. The van der Waals surface area contributed by atoms with Gasteiger partial charge in [-0.1, -0.05) is 36.4 Å². The highest BCUT2D eigenvalue weighted by Crippen LogP contribution is 2.31. The summed E-state index contributed by atoms with van der Waals surface area (Å²) in [6.07, 6.45) is 2.79. The molecule has 166 valence electrons. The minimum Gasteiger partial charge on any atom is -0.394 e. The fourth-order valence-electron chi connectivity index (χ4n) is 3.66. The molecule has 1 fully saturated rings. The van der Waals surface area contributed by atoms with Gasteiger partial charge in [-0.05, 0) is 41.5 Å². The molecule has 2 unspecified atom stereocenters. The van der Waals surface area contributed by atoms with Crippen molar-refractivity contribution in [2.45, 2.75) is 23.6 Å². The van der Waals surface area contributed by atoms with Crippen LogP contribution in [0.3, 0.4) is 0 Å². The molecule has 2 aromatic carbocycles. The number of amides is 1. The van der Waals surface area contributed by atoms with Gasteiger partial charge in [0, 0.05) is 24.6 Å². The zero-order valence-corrected chi connectivity index (χ0v) is 18.0. The number of sulfonamides is 1. The molecule has 1 amide bonds. The maximum Gasteiger partial charge on any atom is 0.261 e. The molecule has 1 aromatic heterocycles. The van der Waals surface area contributed by atoms with Gasteiger partial charge in [-0.2, -0.15) is 0 Å². The number of rotatable bonds is 7. The average molecular weight is 454 g/mol. The average Bonchev–Trinajstić information content (AvgIpc) is 2.82. The van der Waals surface area contributed by atoms with Crippen LogP contribution in [-0.2, 0) is 26.1 Å². The molecule has 0 radical (unpaired) electrons. The van der Waals surface area contributed by atoms with Gasteiger partial charge in [0.2, 0.25) is 5.91 Å². The lowest BCUT2D eigenvalue weighted by Gasteiger charge is -2.40. The predicted molar refractivity (Wildman–Crippen MR) is 118 cm³/mol. The monoisotopic (exact) mass is 453 g/mol. The van der Waals surface area contributed by atoms with Crippen molar-refractivity contribution in [3.63, 3.8) is 0 Å². The highest BCUT2D eigenvalue weighted by atomic mass is 32.2. The second-order valence-corrected chi connectivity index (χ2v) is 9.09. The number of ether oxygens (including phenoxy) is 1. The van der Waals surface area contributed by atoms with Crippen LogP contribution in [0.5, 0.6) is 0 Å². The Bertz CT molecular complexity index is 1160. The molecular weight excluding hydrogens is 430 g/mol. The number of benzene rings is 2. The van der Waals surface area contributed by atoms with Crippen LogP contribution in [0.2, 0.25) is 0 Å². The summed E-state index contributed by atoms with van der Waals surface area (Å²) in [4.78, 5) is 18.3. The Labute approximate surface area is 186 Å². The van der Waals surface area contributed by atoms with E-state index in [1.165, 1.54) is 12.1 Å². The standard InChI is InChI=1S/C23H23N3O5S/c27-15-21-23(31-16-22(28)26(21)14-17-5-4-12-24-13-17)18-8-10-19(11-9-18)25-32(29,30)20-6-2-1-3-7-20/h1-13,21,23,25,27H,14-16H2. The van der Waals surface area contributed by atoms with E-state index in [1.807, 2.05) is 6.07 Å². The van der Waals surface area contributed by atoms with Crippen molar-refractivity contribution in [3.8, 4) is 0 Å². The molecular formula is C23H23N3O5S. The quantitative estimate of drug-likeness (QED) is 0.568. The second-order valence-electron chi connectivity index (χ2n) is 7.40. The van der Waals surface area contributed by atoms with E-state index in [2.05, 4.69) is 9.71 Å². The summed E-state index contributed by atoms with van der Waals surface area (Å²) in [6, 6.07) is 17.9. The Morgan fingerprint density at radius 2 is 1.81 bits per heavy atom. The van der Waals surface area contributed by atoms with Crippen molar-refractivity contribution < 1.29 is 23.1 Å². The number of hydrogen-bond acceptors (Lipinski definition) is 6. The summed E-state index contributed by atoms with van der Waals surface area (Å²) in [5.41, 5.74) is 1.98. The van der Waals surface area contributed by atoms with E-state index in [4.69, 9.17) is 4.74 Å². The molecule has 32 heavy (non-hydrogen) atoms. The molecule has 9 heteroatoms. The van der Waals surface area contributed by atoms with Crippen LogP contribution in [0.4, 0.5) is 5.69 Å². The van der Waals surface area contributed by atoms with Crippen LogP contribution in [0.15, 0.2) is 84.0 Å². The second kappa shape index (κ2) is 9.47. The van der Waals surface area contributed by atoms with E-state index in [-0.39, 0.29) is 24.0 Å². The molecule has 3 aromatic rings. The number of hydrogen-bond donors (Lipinski definition) is 2. The normalized spacial score (nSPS) is 19.0. The van der Waals surface area contributed by atoms with E-state index in [9.17, 15) is 18.3 Å².